The molecule has 0 aliphatic carbocycles. The maximum Gasteiger partial charge on any atom is 0.243 e. The topological polar surface area (TPSA) is 89.0 Å². The Morgan fingerprint density at radius 1 is 1.18 bits per heavy atom. The van der Waals surface area contributed by atoms with Gasteiger partial charge in [0.1, 0.15) is 0 Å². The molecular weight excluding hydrogens is 382 g/mol. The average molecular weight is 401 g/mol. The van der Waals surface area contributed by atoms with E-state index in [1.165, 1.54) is 16.4 Å². The number of carbonyl (C=O) groups is 1. The summed E-state index contributed by atoms with van der Waals surface area (Å²) in [6.45, 7) is 2.07. The summed E-state index contributed by atoms with van der Waals surface area (Å²) in [6, 6.07) is 6.02. The molecule has 0 saturated carbocycles. The molecule has 9 heteroatoms. The van der Waals surface area contributed by atoms with Crippen molar-refractivity contribution in [1.29, 1.82) is 0 Å². The second-order valence-corrected chi connectivity index (χ2v) is 9.18. The highest BCUT2D eigenvalue weighted by Gasteiger charge is 2.52. The van der Waals surface area contributed by atoms with E-state index in [1.54, 1.807) is 36.5 Å². The van der Waals surface area contributed by atoms with Crippen LogP contribution in [-0.4, -0.2) is 50.0 Å². The minimum Gasteiger partial charge on any atom is -0.454 e. The first-order chi connectivity index (χ1) is 13.4. The number of benzene rings is 1. The predicted octanol–water partition coefficient (Wildman–Crippen LogP) is 1.58. The van der Waals surface area contributed by atoms with Crippen LogP contribution in [0.25, 0.3) is 0 Å². The van der Waals surface area contributed by atoms with Gasteiger partial charge < -0.3 is 14.4 Å². The van der Waals surface area contributed by atoms with E-state index in [9.17, 15) is 13.2 Å². The SMILES string of the molecule is C[C@H]1[C@H]2c3cnccc3N(C)C(=O)[C@H]2CN1S(=O)(=O)c1ccc2c(c1)OCO2. The summed E-state index contributed by atoms with van der Waals surface area (Å²) in [6.07, 6.45) is 3.38. The average Bonchev–Trinajstić information content (AvgIpc) is 3.30. The van der Waals surface area contributed by atoms with Gasteiger partial charge >= 0.3 is 0 Å². The van der Waals surface area contributed by atoms with Crippen LogP contribution in [0.4, 0.5) is 5.69 Å². The van der Waals surface area contributed by atoms with E-state index in [2.05, 4.69) is 4.98 Å². The van der Waals surface area contributed by atoms with Crippen LogP contribution in [0.2, 0.25) is 0 Å². The number of hydrogen-bond acceptors (Lipinski definition) is 6. The lowest BCUT2D eigenvalue weighted by molar-refractivity contribution is -0.122. The number of amides is 1. The molecule has 28 heavy (non-hydrogen) atoms. The number of sulfonamides is 1. The Kier molecular flexibility index (Phi) is 3.69. The van der Waals surface area contributed by atoms with Crippen molar-refractivity contribution in [1.82, 2.24) is 9.29 Å². The van der Waals surface area contributed by atoms with Crippen molar-refractivity contribution in [2.24, 2.45) is 5.92 Å². The van der Waals surface area contributed by atoms with E-state index >= 15 is 0 Å². The van der Waals surface area contributed by atoms with Gasteiger partial charge in [-0.15, -0.1) is 0 Å². The van der Waals surface area contributed by atoms with Crippen LogP contribution in [0.1, 0.15) is 18.4 Å². The van der Waals surface area contributed by atoms with Gasteiger partial charge in [0.05, 0.1) is 10.8 Å². The normalized spacial score (nSPS) is 26.3. The Labute approximate surface area is 162 Å². The van der Waals surface area contributed by atoms with Gasteiger partial charge in [0, 0.05) is 49.7 Å². The van der Waals surface area contributed by atoms with Crippen molar-refractivity contribution in [3.63, 3.8) is 0 Å². The number of hydrogen-bond donors (Lipinski definition) is 0. The predicted molar refractivity (Wildman–Crippen MR) is 99.8 cm³/mol. The molecule has 3 aliphatic rings. The lowest BCUT2D eigenvalue weighted by atomic mass is 9.81. The number of fused-ring (bicyclic) bond motifs is 4. The van der Waals surface area contributed by atoms with E-state index < -0.39 is 15.9 Å². The Hall–Kier alpha value is -2.65. The molecule has 2 aromatic rings. The summed E-state index contributed by atoms with van der Waals surface area (Å²) in [7, 11) is -2.09. The highest BCUT2D eigenvalue weighted by molar-refractivity contribution is 7.89. The first kappa shape index (κ1) is 17.4. The zero-order valence-corrected chi connectivity index (χ0v) is 16.2. The number of anilines is 1. The zero-order valence-electron chi connectivity index (χ0n) is 15.4. The van der Waals surface area contributed by atoms with Crippen LogP contribution in [0.15, 0.2) is 41.6 Å². The largest absolute Gasteiger partial charge is 0.454 e. The maximum atomic E-state index is 13.4. The molecule has 1 aromatic carbocycles. The fraction of sp³-hybridized carbons (Fsp3) is 0.368. The first-order valence-electron chi connectivity index (χ1n) is 9.02. The molecule has 3 atom stereocenters. The second kappa shape index (κ2) is 5.92. The van der Waals surface area contributed by atoms with E-state index in [1.807, 2.05) is 6.92 Å². The Morgan fingerprint density at radius 3 is 2.79 bits per heavy atom. The Bertz CT molecular complexity index is 1090. The van der Waals surface area contributed by atoms with Crippen molar-refractivity contribution in [2.45, 2.75) is 23.8 Å². The van der Waals surface area contributed by atoms with E-state index in [-0.39, 0.29) is 36.1 Å². The molecule has 0 N–H and O–H groups in total. The quantitative estimate of drug-likeness (QED) is 0.759. The molecule has 4 heterocycles. The van der Waals surface area contributed by atoms with Crippen LogP contribution in [0.3, 0.4) is 0 Å². The van der Waals surface area contributed by atoms with Crippen molar-refractivity contribution in [2.75, 3.05) is 25.3 Å². The molecular formula is C19H19N3O5S. The van der Waals surface area contributed by atoms with Crippen LogP contribution in [0, 0.1) is 5.92 Å². The van der Waals surface area contributed by atoms with E-state index in [0.29, 0.717) is 11.5 Å². The monoisotopic (exact) mass is 401 g/mol. The summed E-state index contributed by atoms with van der Waals surface area (Å²) in [5.41, 5.74) is 1.70. The first-order valence-corrected chi connectivity index (χ1v) is 10.5. The van der Waals surface area contributed by atoms with E-state index in [0.717, 1.165) is 11.3 Å². The van der Waals surface area contributed by atoms with Gasteiger partial charge in [-0.2, -0.15) is 4.31 Å². The number of nitrogens with zero attached hydrogens (tertiary/aromatic N) is 3. The third-order valence-electron chi connectivity index (χ3n) is 5.93. The smallest absolute Gasteiger partial charge is 0.243 e. The number of pyridine rings is 1. The van der Waals surface area contributed by atoms with Gasteiger partial charge in [-0.25, -0.2) is 8.42 Å². The van der Waals surface area contributed by atoms with Gasteiger partial charge in [-0.1, -0.05) is 0 Å². The molecule has 1 aromatic heterocycles. The third-order valence-corrected chi connectivity index (χ3v) is 7.88. The standard InChI is InChI=1S/C19H19N3O5S/c1-11-18-13-8-20-6-5-15(13)21(2)19(23)14(18)9-22(11)28(24,25)12-3-4-16-17(7-12)27-10-26-16/h3-8,11,14,18H,9-10H2,1-2H3/t11-,14-,18-/m0/s1. The maximum absolute atomic E-state index is 13.4. The number of rotatable bonds is 2. The summed E-state index contributed by atoms with van der Waals surface area (Å²) < 4.78 is 38.8. The van der Waals surface area contributed by atoms with Crippen LogP contribution >= 0.6 is 0 Å². The van der Waals surface area contributed by atoms with Gasteiger partial charge in [0.25, 0.3) is 0 Å². The van der Waals surface area contributed by atoms with Crippen molar-refractivity contribution < 1.29 is 22.7 Å². The van der Waals surface area contributed by atoms with Gasteiger partial charge in [0.2, 0.25) is 22.7 Å². The van der Waals surface area contributed by atoms with Crippen molar-refractivity contribution >= 4 is 21.6 Å². The molecule has 0 radical (unpaired) electrons. The van der Waals surface area contributed by atoms with Crippen molar-refractivity contribution in [3.8, 4) is 11.5 Å². The lowest BCUT2D eigenvalue weighted by Gasteiger charge is -2.34. The minimum absolute atomic E-state index is 0.0704. The summed E-state index contributed by atoms with van der Waals surface area (Å²) in [5.74, 6) is 0.213. The Morgan fingerprint density at radius 2 is 1.96 bits per heavy atom. The van der Waals surface area contributed by atoms with Gasteiger partial charge in [-0.05, 0) is 30.7 Å². The number of carbonyl (C=O) groups excluding carboxylic acids is 1. The van der Waals surface area contributed by atoms with Crippen molar-refractivity contribution in [3.05, 3.63) is 42.2 Å². The second-order valence-electron chi connectivity index (χ2n) is 7.29. The molecule has 0 spiro atoms. The van der Waals surface area contributed by atoms with Crippen LogP contribution < -0.4 is 14.4 Å². The number of aromatic nitrogens is 1. The molecule has 1 saturated heterocycles. The highest BCUT2D eigenvalue weighted by Crippen LogP contribution is 2.48. The summed E-state index contributed by atoms with van der Waals surface area (Å²) in [4.78, 5) is 18.9. The summed E-state index contributed by atoms with van der Waals surface area (Å²) >= 11 is 0. The third kappa shape index (κ3) is 2.29. The Balaban J connectivity index is 1.56. The van der Waals surface area contributed by atoms with Gasteiger partial charge in [0.15, 0.2) is 11.5 Å². The van der Waals surface area contributed by atoms with Gasteiger partial charge in [-0.3, -0.25) is 9.78 Å². The fourth-order valence-corrected chi connectivity index (χ4v) is 6.21. The molecule has 1 fully saturated rings. The molecule has 0 bridgehead atoms. The highest BCUT2D eigenvalue weighted by atomic mass is 32.2. The fourth-order valence-electron chi connectivity index (χ4n) is 4.52. The molecule has 3 aliphatic heterocycles. The summed E-state index contributed by atoms with van der Waals surface area (Å²) in [5, 5.41) is 0. The molecule has 5 rings (SSSR count). The molecule has 146 valence electrons. The molecule has 0 unspecified atom stereocenters. The van der Waals surface area contributed by atoms with Crippen LogP contribution in [-0.2, 0) is 14.8 Å². The lowest BCUT2D eigenvalue weighted by Crippen LogP contribution is -2.41. The minimum atomic E-state index is -3.80. The molecule has 1 amide bonds. The molecule has 8 nitrogen and oxygen atoms in total. The van der Waals surface area contributed by atoms with E-state index in [4.69, 9.17) is 9.47 Å². The van der Waals surface area contributed by atoms with Crippen LogP contribution in [0.5, 0.6) is 11.5 Å². The number of ether oxygens (including phenoxy) is 2. The zero-order chi connectivity index (χ0) is 19.6.